The summed E-state index contributed by atoms with van der Waals surface area (Å²) in [4.78, 5) is 2.56. The molecule has 1 saturated heterocycles. The molecular formula is C16H27NO. The topological polar surface area (TPSA) is 12.5 Å². The molecule has 0 radical (unpaired) electrons. The molecule has 2 aliphatic rings. The summed E-state index contributed by atoms with van der Waals surface area (Å²) in [5, 5.41) is 0. The summed E-state index contributed by atoms with van der Waals surface area (Å²) in [5.41, 5.74) is 0.295. The Bertz CT molecular complexity index is 329. The Kier molecular flexibility index (Phi) is 4.16. The summed E-state index contributed by atoms with van der Waals surface area (Å²) < 4.78 is 6.11. The van der Waals surface area contributed by atoms with E-state index in [1.807, 2.05) is 0 Å². The smallest absolute Gasteiger partial charge is 0.115 e. The number of likely N-dealkylation sites (tertiary alicyclic amines) is 1. The molecule has 0 aromatic rings. The molecule has 102 valence electrons. The number of nitrogens with zero attached hydrogens (tertiary/aromatic N) is 1. The highest BCUT2D eigenvalue weighted by atomic mass is 16.5. The molecule has 1 atom stereocenters. The van der Waals surface area contributed by atoms with E-state index in [4.69, 9.17) is 4.74 Å². The van der Waals surface area contributed by atoms with E-state index in [-0.39, 0.29) is 0 Å². The van der Waals surface area contributed by atoms with E-state index >= 15 is 0 Å². The van der Waals surface area contributed by atoms with E-state index in [1.165, 1.54) is 0 Å². The predicted molar refractivity (Wildman–Crippen MR) is 76.4 cm³/mol. The van der Waals surface area contributed by atoms with Crippen molar-refractivity contribution in [2.24, 2.45) is 5.92 Å². The van der Waals surface area contributed by atoms with Crippen LogP contribution in [0.4, 0.5) is 0 Å². The molecule has 18 heavy (non-hydrogen) atoms. The molecule has 2 nitrogen and oxygen atoms in total. The van der Waals surface area contributed by atoms with Gasteiger partial charge in [0.15, 0.2) is 0 Å². The first-order valence-electron chi connectivity index (χ1n) is 7.25. The lowest BCUT2D eigenvalue weighted by Gasteiger charge is -2.40. The fourth-order valence-corrected chi connectivity index (χ4v) is 2.72. The average molecular weight is 249 g/mol. The summed E-state index contributed by atoms with van der Waals surface area (Å²) >= 11 is 0. The molecule has 1 fully saturated rings. The normalized spacial score (nSPS) is 27.1. The Hall–Kier alpha value is -0.760. The van der Waals surface area contributed by atoms with Crippen molar-refractivity contribution in [1.29, 1.82) is 0 Å². The lowest BCUT2D eigenvalue weighted by Crippen LogP contribution is -2.47. The van der Waals surface area contributed by atoms with Gasteiger partial charge in [0.2, 0.25) is 0 Å². The van der Waals surface area contributed by atoms with Crippen molar-refractivity contribution in [2.75, 3.05) is 13.1 Å². The van der Waals surface area contributed by atoms with Crippen LogP contribution in [0.25, 0.3) is 0 Å². The fourth-order valence-electron chi connectivity index (χ4n) is 2.72. The van der Waals surface area contributed by atoms with E-state index in [9.17, 15) is 0 Å². The molecule has 1 heterocycles. The van der Waals surface area contributed by atoms with Gasteiger partial charge in [-0.05, 0) is 58.1 Å². The van der Waals surface area contributed by atoms with Crippen LogP contribution in [0.5, 0.6) is 0 Å². The van der Waals surface area contributed by atoms with E-state index in [2.05, 4.69) is 50.8 Å². The Balaban J connectivity index is 1.82. The Labute approximate surface area is 112 Å². The van der Waals surface area contributed by atoms with Gasteiger partial charge in [-0.25, -0.2) is 0 Å². The van der Waals surface area contributed by atoms with E-state index in [0.717, 1.165) is 38.1 Å². The van der Waals surface area contributed by atoms with Crippen molar-refractivity contribution in [3.8, 4) is 0 Å². The first kappa shape index (κ1) is 13.7. The number of allylic oxidation sites excluding steroid dienone is 3. The minimum Gasteiger partial charge on any atom is -0.491 e. The molecule has 0 bridgehead atoms. The largest absolute Gasteiger partial charge is 0.491 e. The minimum atomic E-state index is 0.295. The molecular weight excluding hydrogens is 222 g/mol. The van der Waals surface area contributed by atoms with Crippen molar-refractivity contribution in [1.82, 2.24) is 4.90 Å². The summed E-state index contributed by atoms with van der Waals surface area (Å²) in [6, 6.07) is 0. The number of piperidine rings is 1. The standard InChI is InChI=1S/C16H27NO/c1-13-6-5-7-15(12-13)18-14-8-10-17(11-9-14)16(2,3)4/h5,7,12-14H,6,8-11H2,1-4H3. The van der Waals surface area contributed by atoms with Crippen LogP contribution in [0.1, 0.15) is 47.0 Å². The maximum absolute atomic E-state index is 6.11. The zero-order valence-electron chi connectivity index (χ0n) is 12.3. The van der Waals surface area contributed by atoms with Crippen LogP contribution in [0.2, 0.25) is 0 Å². The molecule has 1 aliphatic carbocycles. The second-order valence-corrected chi connectivity index (χ2v) is 6.66. The SMILES string of the molecule is CC1C=C(OC2CCN(C(C)(C)C)CC2)C=CC1. The minimum absolute atomic E-state index is 0.295. The Morgan fingerprint density at radius 1 is 1.22 bits per heavy atom. The third kappa shape index (κ3) is 3.61. The highest BCUT2D eigenvalue weighted by Crippen LogP contribution is 2.25. The van der Waals surface area contributed by atoms with Crippen LogP contribution in [-0.4, -0.2) is 29.6 Å². The highest BCUT2D eigenvalue weighted by molar-refractivity contribution is 5.18. The molecule has 0 amide bonds. The zero-order chi connectivity index (χ0) is 13.2. The molecule has 0 aromatic carbocycles. The molecule has 1 aliphatic heterocycles. The molecule has 0 aromatic heterocycles. The van der Waals surface area contributed by atoms with Crippen LogP contribution < -0.4 is 0 Å². The Morgan fingerprint density at radius 3 is 2.44 bits per heavy atom. The van der Waals surface area contributed by atoms with Crippen molar-refractivity contribution in [2.45, 2.75) is 58.6 Å². The predicted octanol–water partition coefficient (Wildman–Crippen LogP) is 3.75. The number of hydrogen-bond donors (Lipinski definition) is 0. The van der Waals surface area contributed by atoms with E-state index in [0.29, 0.717) is 17.6 Å². The molecule has 2 heteroatoms. The van der Waals surface area contributed by atoms with E-state index in [1.54, 1.807) is 0 Å². The van der Waals surface area contributed by atoms with Gasteiger partial charge >= 0.3 is 0 Å². The summed E-state index contributed by atoms with van der Waals surface area (Å²) in [6.07, 6.45) is 10.5. The third-order valence-corrected chi connectivity index (χ3v) is 3.93. The van der Waals surface area contributed by atoms with Crippen molar-refractivity contribution < 1.29 is 4.74 Å². The second-order valence-electron chi connectivity index (χ2n) is 6.66. The van der Waals surface area contributed by atoms with Crippen LogP contribution in [0.3, 0.4) is 0 Å². The van der Waals surface area contributed by atoms with Gasteiger partial charge in [0.05, 0.1) is 0 Å². The Morgan fingerprint density at radius 2 is 1.89 bits per heavy atom. The molecule has 0 saturated carbocycles. The lowest BCUT2D eigenvalue weighted by molar-refractivity contribution is 0.0209. The number of rotatable bonds is 2. The van der Waals surface area contributed by atoms with Crippen molar-refractivity contribution in [3.05, 3.63) is 24.0 Å². The first-order valence-corrected chi connectivity index (χ1v) is 7.25. The van der Waals surface area contributed by atoms with Crippen molar-refractivity contribution in [3.63, 3.8) is 0 Å². The van der Waals surface area contributed by atoms with Gasteiger partial charge < -0.3 is 4.74 Å². The molecule has 0 N–H and O–H groups in total. The van der Waals surface area contributed by atoms with Gasteiger partial charge in [-0.2, -0.15) is 0 Å². The van der Waals surface area contributed by atoms with Gasteiger partial charge in [-0.1, -0.05) is 13.0 Å². The highest BCUT2D eigenvalue weighted by Gasteiger charge is 2.27. The maximum Gasteiger partial charge on any atom is 0.115 e. The van der Waals surface area contributed by atoms with Gasteiger partial charge in [-0.15, -0.1) is 0 Å². The quantitative estimate of drug-likeness (QED) is 0.739. The number of ether oxygens (including phenoxy) is 1. The monoisotopic (exact) mass is 249 g/mol. The molecule has 2 rings (SSSR count). The van der Waals surface area contributed by atoms with Crippen molar-refractivity contribution >= 4 is 0 Å². The summed E-state index contributed by atoms with van der Waals surface area (Å²) in [6.45, 7) is 11.4. The van der Waals surface area contributed by atoms with Gasteiger partial charge in [-0.3, -0.25) is 4.90 Å². The number of hydrogen-bond acceptors (Lipinski definition) is 2. The van der Waals surface area contributed by atoms with E-state index < -0.39 is 0 Å². The summed E-state index contributed by atoms with van der Waals surface area (Å²) in [5.74, 6) is 1.71. The van der Waals surface area contributed by atoms with Gasteiger partial charge in [0, 0.05) is 18.6 Å². The lowest BCUT2D eigenvalue weighted by atomic mass is 9.99. The van der Waals surface area contributed by atoms with Crippen LogP contribution in [0.15, 0.2) is 24.0 Å². The summed E-state index contributed by atoms with van der Waals surface area (Å²) in [7, 11) is 0. The zero-order valence-corrected chi connectivity index (χ0v) is 12.3. The molecule has 1 unspecified atom stereocenters. The maximum atomic E-state index is 6.11. The second kappa shape index (κ2) is 5.48. The van der Waals surface area contributed by atoms with Gasteiger partial charge in [0.25, 0.3) is 0 Å². The fraction of sp³-hybridized carbons (Fsp3) is 0.750. The van der Waals surface area contributed by atoms with Crippen LogP contribution >= 0.6 is 0 Å². The van der Waals surface area contributed by atoms with Crippen LogP contribution in [0, 0.1) is 5.92 Å². The van der Waals surface area contributed by atoms with Gasteiger partial charge in [0.1, 0.15) is 11.9 Å². The van der Waals surface area contributed by atoms with Crippen LogP contribution in [-0.2, 0) is 4.74 Å². The first-order chi connectivity index (χ1) is 8.45. The molecule has 0 spiro atoms. The third-order valence-electron chi connectivity index (χ3n) is 3.93. The average Bonchev–Trinajstić information content (AvgIpc) is 2.28.